The molecule has 0 saturated carbocycles. The second-order valence-corrected chi connectivity index (χ2v) is 8.51. The van der Waals surface area contributed by atoms with Gasteiger partial charge in [-0.2, -0.15) is 0 Å². The Morgan fingerprint density at radius 1 is 1.00 bits per heavy atom. The number of aryl methyl sites for hydroxylation is 1. The highest BCUT2D eigenvalue weighted by molar-refractivity contribution is 7.92. The number of nitrogens with one attached hydrogen (secondary N) is 2. The smallest absolute Gasteiger partial charge is 0.262 e. The lowest BCUT2D eigenvalue weighted by molar-refractivity contribution is -0.116. The molecule has 0 saturated heterocycles. The molecule has 0 aromatic heterocycles. The van der Waals surface area contributed by atoms with Gasteiger partial charge < -0.3 is 14.8 Å². The van der Waals surface area contributed by atoms with Gasteiger partial charge in [-0.1, -0.05) is 30.3 Å². The van der Waals surface area contributed by atoms with Crippen molar-refractivity contribution < 1.29 is 27.1 Å². The molecule has 0 spiro atoms. The molecule has 2 N–H and O–H groups in total. The average molecular weight is 459 g/mol. The van der Waals surface area contributed by atoms with Crippen molar-refractivity contribution >= 4 is 27.3 Å². The Labute approximate surface area is 186 Å². The Hall–Kier alpha value is -3.59. The molecule has 0 heterocycles. The highest BCUT2D eigenvalue weighted by Crippen LogP contribution is 2.28. The molecule has 3 rings (SSSR count). The molecule has 32 heavy (non-hydrogen) atoms. The first-order chi connectivity index (χ1) is 15.3. The third kappa shape index (κ3) is 5.76. The van der Waals surface area contributed by atoms with Crippen LogP contribution in [0.2, 0.25) is 0 Å². The summed E-state index contributed by atoms with van der Waals surface area (Å²) in [6.07, 6.45) is -0.0379. The van der Waals surface area contributed by atoms with Crippen molar-refractivity contribution in [1.82, 2.24) is 0 Å². The molecular weight excluding hydrogens is 435 g/mol. The number of anilines is 2. The number of sulfonamides is 1. The standard InChI is InChI=1S/C23H23FN2O5S/c1-16-11-12-17(25-23(27)13-14-31-20-9-5-3-7-18(20)24)15-22(16)32(28,29)26-19-8-4-6-10-21(19)30-2/h3-12,15,26H,13-14H2,1-2H3,(H,25,27). The van der Waals surface area contributed by atoms with E-state index in [1.807, 2.05) is 0 Å². The summed E-state index contributed by atoms with van der Waals surface area (Å²) in [4.78, 5) is 12.3. The van der Waals surface area contributed by atoms with Gasteiger partial charge in [-0.3, -0.25) is 9.52 Å². The highest BCUT2D eigenvalue weighted by atomic mass is 32.2. The third-order valence-corrected chi connectivity index (χ3v) is 6.04. The number of rotatable bonds is 9. The first kappa shape index (κ1) is 23.1. The molecule has 0 bridgehead atoms. The van der Waals surface area contributed by atoms with Crippen LogP contribution in [0, 0.1) is 12.7 Å². The van der Waals surface area contributed by atoms with Gasteiger partial charge >= 0.3 is 0 Å². The fourth-order valence-electron chi connectivity index (χ4n) is 2.94. The van der Waals surface area contributed by atoms with Crippen LogP contribution in [0.5, 0.6) is 11.5 Å². The van der Waals surface area contributed by atoms with Gasteiger partial charge in [0.2, 0.25) is 5.91 Å². The molecule has 0 aliphatic rings. The van der Waals surface area contributed by atoms with Crippen LogP contribution < -0.4 is 19.5 Å². The highest BCUT2D eigenvalue weighted by Gasteiger charge is 2.20. The molecule has 0 atom stereocenters. The number of benzene rings is 3. The lowest BCUT2D eigenvalue weighted by Gasteiger charge is -2.14. The van der Waals surface area contributed by atoms with E-state index in [0.29, 0.717) is 22.7 Å². The molecule has 9 heteroatoms. The van der Waals surface area contributed by atoms with Crippen molar-refractivity contribution in [2.24, 2.45) is 0 Å². The minimum atomic E-state index is -3.94. The van der Waals surface area contributed by atoms with E-state index in [1.165, 1.54) is 25.3 Å². The van der Waals surface area contributed by atoms with Gasteiger partial charge in [-0.05, 0) is 48.9 Å². The maximum absolute atomic E-state index is 13.6. The average Bonchev–Trinajstić information content (AvgIpc) is 2.76. The van der Waals surface area contributed by atoms with Gasteiger partial charge in [0.05, 0.1) is 30.7 Å². The number of carbonyl (C=O) groups is 1. The van der Waals surface area contributed by atoms with Crippen LogP contribution in [-0.2, 0) is 14.8 Å². The predicted octanol–water partition coefficient (Wildman–Crippen LogP) is 4.35. The van der Waals surface area contributed by atoms with E-state index in [9.17, 15) is 17.6 Å². The van der Waals surface area contributed by atoms with Crippen molar-refractivity contribution in [3.8, 4) is 11.5 Å². The Balaban J connectivity index is 1.68. The molecule has 0 aliphatic carbocycles. The summed E-state index contributed by atoms with van der Waals surface area (Å²) >= 11 is 0. The van der Waals surface area contributed by atoms with Crippen molar-refractivity contribution in [3.63, 3.8) is 0 Å². The van der Waals surface area contributed by atoms with Gasteiger partial charge in [0.25, 0.3) is 10.0 Å². The molecular formula is C23H23FN2O5S. The van der Waals surface area contributed by atoms with Crippen molar-refractivity contribution in [1.29, 1.82) is 0 Å². The second kappa shape index (κ2) is 10.1. The zero-order chi connectivity index (χ0) is 23.1. The summed E-state index contributed by atoms with van der Waals surface area (Å²) in [6, 6.07) is 17.1. The van der Waals surface area contributed by atoms with Gasteiger partial charge in [-0.25, -0.2) is 12.8 Å². The largest absolute Gasteiger partial charge is 0.495 e. The molecule has 0 unspecified atom stereocenters. The number of hydrogen-bond acceptors (Lipinski definition) is 5. The minimum absolute atomic E-state index is 0.0174. The Kier molecular flexibility index (Phi) is 7.32. The quantitative estimate of drug-likeness (QED) is 0.497. The lowest BCUT2D eigenvalue weighted by Crippen LogP contribution is -2.17. The second-order valence-electron chi connectivity index (χ2n) is 6.86. The van der Waals surface area contributed by atoms with E-state index < -0.39 is 21.7 Å². The molecule has 3 aromatic rings. The number of amides is 1. The first-order valence-electron chi connectivity index (χ1n) is 9.74. The van der Waals surface area contributed by atoms with E-state index in [4.69, 9.17) is 9.47 Å². The summed E-state index contributed by atoms with van der Waals surface area (Å²) in [5, 5.41) is 2.64. The summed E-state index contributed by atoms with van der Waals surface area (Å²) in [5.74, 6) is -0.463. The molecule has 1 amide bonds. The summed E-state index contributed by atoms with van der Waals surface area (Å²) in [5.41, 5.74) is 1.12. The Bertz CT molecular complexity index is 1210. The van der Waals surface area contributed by atoms with Crippen molar-refractivity contribution in [2.75, 3.05) is 23.8 Å². The zero-order valence-electron chi connectivity index (χ0n) is 17.6. The normalized spacial score (nSPS) is 11.0. The first-order valence-corrected chi connectivity index (χ1v) is 11.2. The molecule has 0 radical (unpaired) electrons. The molecule has 3 aromatic carbocycles. The number of methoxy groups -OCH3 is 1. The van der Waals surface area contributed by atoms with Crippen molar-refractivity contribution in [3.05, 3.63) is 78.1 Å². The third-order valence-electron chi connectivity index (χ3n) is 4.54. The number of halogens is 1. The molecule has 0 fully saturated rings. The zero-order valence-corrected chi connectivity index (χ0v) is 18.4. The SMILES string of the molecule is COc1ccccc1NS(=O)(=O)c1cc(NC(=O)CCOc2ccccc2F)ccc1C. The van der Waals surface area contributed by atoms with E-state index in [1.54, 1.807) is 55.5 Å². The topological polar surface area (TPSA) is 93.7 Å². The van der Waals surface area contributed by atoms with Crippen LogP contribution in [0.15, 0.2) is 71.6 Å². The van der Waals surface area contributed by atoms with E-state index >= 15 is 0 Å². The van der Waals surface area contributed by atoms with Crippen LogP contribution in [0.3, 0.4) is 0 Å². The van der Waals surface area contributed by atoms with E-state index in [2.05, 4.69) is 10.0 Å². The molecule has 0 aliphatic heterocycles. The van der Waals surface area contributed by atoms with Crippen LogP contribution in [0.1, 0.15) is 12.0 Å². The number of para-hydroxylation sites is 3. The van der Waals surface area contributed by atoms with E-state index in [0.717, 1.165) is 0 Å². The molecule has 168 valence electrons. The van der Waals surface area contributed by atoms with Crippen LogP contribution in [-0.4, -0.2) is 28.0 Å². The monoisotopic (exact) mass is 458 g/mol. The van der Waals surface area contributed by atoms with Gasteiger partial charge in [0.15, 0.2) is 11.6 Å². The molecule has 7 nitrogen and oxygen atoms in total. The fraction of sp³-hybridized carbons (Fsp3) is 0.174. The maximum atomic E-state index is 13.6. The van der Waals surface area contributed by atoms with Crippen LogP contribution in [0.4, 0.5) is 15.8 Å². The number of carbonyl (C=O) groups excluding carboxylic acids is 1. The van der Waals surface area contributed by atoms with Crippen molar-refractivity contribution in [2.45, 2.75) is 18.2 Å². The number of hydrogen-bond donors (Lipinski definition) is 2. The summed E-state index contributed by atoms with van der Waals surface area (Å²) in [6.45, 7) is 1.63. The summed E-state index contributed by atoms with van der Waals surface area (Å²) in [7, 11) is -2.49. The minimum Gasteiger partial charge on any atom is -0.495 e. The maximum Gasteiger partial charge on any atom is 0.262 e. The predicted molar refractivity (Wildman–Crippen MR) is 120 cm³/mol. The Morgan fingerprint density at radius 2 is 1.69 bits per heavy atom. The van der Waals surface area contributed by atoms with Gasteiger partial charge in [0, 0.05) is 5.69 Å². The summed E-state index contributed by atoms with van der Waals surface area (Å²) < 4.78 is 52.5. The van der Waals surface area contributed by atoms with Crippen LogP contribution >= 0.6 is 0 Å². The number of ether oxygens (including phenoxy) is 2. The Morgan fingerprint density at radius 3 is 2.41 bits per heavy atom. The lowest BCUT2D eigenvalue weighted by atomic mass is 10.2. The van der Waals surface area contributed by atoms with E-state index in [-0.39, 0.29) is 23.7 Å². The van der Waals surface area contributed by atoms with Gasteiger partial charge in [0.1, 0.15) is 5.75 Å². The van der Waals surface area contributed by atoms with Crippen LogP contribution in [0.25, 0.3) is 0 Å². The fourth-order valence-corrected chi connectivity index (χ4v) is 4.28. The van der Waals surface area contributed by atoms with Gasteiger partial charge in [-0.15, -0.1) is 0 Å².